The van der Waals surface area contributed by atoms with Crippen LogP contribution in [0.3, 0.4) is 0 Å². The number of quaternary nitrogens is 1. The molecule has 31 heavy (non-hydrogen) atoms. The normalized spacial score (nSPS) is 16.1. The van der Waals surface area contributed by atoms with Gasteiger partial charge in [-0.1, -0.05) is 36.4 Å². The highest BCUT2D eigenvalue weighted by Gasteiger charge is 2.36. The molecule has 0 fully saturated rings. The smallest absolute Gasteiger partial charge is 0.196 e. The lowest BCUT2D eigenvalue weighted by atomic mass is 10.1. The van der Waals surface area contributed by atoms with Crippen LogP contribution in [-0.2, 0) is 6.54 Å². The van der Waals surface area contributed by atoms with E-state index in [0.717, 1.165) is 41.5 Å². The first kappa shape index (κ1) is 22.5. The van der Waals surface area contributed by atoms with Crippen LogP contribution in [0.25, 0.3) is 0 Å². The largest absolute Gasteiger partial charge is 1.00 e. The molecule has 3 aromatic carbocycles. The summed E-state index contributed by atoms with van der Waals surface area (Å²) < 4.78 is 12.4. The first-order chi connectivity index (χ1) is 14.7. The fourth-order valence-electron chi connectivity index (χ4n) is 3.74. The molecule has 0 bridgehead atoms. The van der Waals surface area contributed by atoms with Gasteiger partial charge in [-0.05, 0) is 37.3 Å². The van der Waals surface area contributed by atoms with Gasteiger partial charge in [0.1, 0.15) is 25.4 Å². The Morgan fingerprint density at radius 3 is 2.29 bits per heavy atom. The van der Waals surface area contributed by atoms with Gasteiger partial charge in [0.05, 0.1) is 18.2 Å². The van der Waals surface area contributed by atoms with Crippen molar-refractivity contribution in [1.29, 1.82) is 5.26 Å². The summed E-state index contributed by atoms with van der Waals surface area (Å²) in [4.78, 5) is 4.67. The third kappa shape index (κ3) is 4.96. The van der Waals surface area contributed by atoms with Gasteiger partial charge in [0.25, 0.3) is 0 Å². The zero-order valence-corrected chi connectivity index (χ0v) is 19.0. The number of hydrogen-bond acceptors (Lipinski definition) is 4. The van der Waals surface area contributed by atoms with Crippen LogP contribution < -0.4 is 30.9 Å². The minimum Gasteiger partial charge on any atom is -1.00 e. The molecule has 0 amide bonds. The summed E-state index contributed by atoms with van der Waals surface area (Å²) in [5.74, 6) is 1.51. The van der Waals surface area contributed by atoms with Crippen LogP contribution in [0.15, 0.2) is 77.8 Å². The van der Waals surface area contributed by atoms with Gasteiger partial charge < -0.3 is 26.5 Å². The van der Waals surface area contributed by atoms with Gasteiger partial charge >= 0.3 is 0 Å². The number of rotatable bonds is 8. The number of nitriles is 1. The molecule has 1 aliphatic rings. The molecule has 0 N–H and O–H groups in total. The molecule has 5 nitrogen and oxygen atoms in total. The summed E-state index contributed by atoms with van der Waals surface area (Å²) in [5, 5.41) is 9.08. The monoisotopic (exact) mass is 477 g/mol. The molecule has 3 aromatic rings. The molecule has 158 valence electrons. The van der Waals surface area contributed by atoms with Gasteiger partial charge in [-0.15, -0.1) is 0 Å². The Hall–Kier alpha value is -3.14. The quantitative estimate of drug-likeness (QED) is 0.467. The Kier molecular flexibility index (Phi) is 7.45. The van der Waals surface area contributed by atoms with Crippen LogP contribution in [0.1, 0.15) is 18.1 Å². The van der Waals surface area contributed by atoms with Crippen LogP contribution in [0.2, 0.25) is 0 Å². The molecule has 0 spiro atoms. The summed E-state index contributed by atoms with van der Waals surface area (Å²) in [5.41, 5.74) is 3.95. The molecule has 1 aliphatic heterocycles. The molecule has 1 heterocycles. The number of benzene rings is 3. The van der Waals surface area contributed by atoms with Crippen molar-refractivity contribution in [2.24, 2.45) is 4.99 Å². The molecule has 0 saturated heterocycles. The number of halogens is 1. The predicted octanol–water partition coefficient (Wildman–Crippen LogP) is 2.22. The van der Waals surface area contributed by atoms with Gasteiger partial charge in [0.2, 0.25) is 0 Å². The van der Waals surface area contributed by atoms with Gasteiger partial charge in [-0.2, -0.15) is 10.3 Å². The second kappa shape index (κ2) is 10.3. The van der Waals surface area contributed by atoms with E-state index in [-0.39, 0.29) is 17.0 Å². The lowest BCUT2D eigenvalue weighted by Gasteiger charge is -2.31. The van der Waals surface area contributed by atoms with E-state index in [1.807, 2.05) is 80.0 Å². The SMILES string of the molecule is CCOc1ccccc1OCC[N+]1(Cc2ccc(C#N)cc2)C=Nc2ccccc21.[Br-]. The van der Waals surface area contributed by atoms with Gasteiger partial charge in [-0.3, -0.25) is 0 Å². The van der Waals surface area contributed by atoms with Crippen molar-refractivity contribution in [2.75, 3.05) is 19.8 Å². The fraction of sp³-hybridized carbons (Fsp3) is 0.200. The van der Waals surface area contributed by atoms with Crippen molar-refractivity contribution in [2.45, 2.75) is 13.5 Å². The molecule has 0 aromatic heterocycles. The number of nitrogens with zero attached hydrogens (tertiary/aromatic N) is 3. The van der Waals surface area contributed by atoms with E-state index in [1.165, 1.54) is 0 Å². The minimum absolute atomic E-state index is 0. The third-order valence-corrected chi connectivity index (χ3v) is 5.22. The van der Waals surface area contributed by atoms with Crippen LogP contribution in [0, 0.1) is 11.3 Å². The maximum absolute atomic E-state index is 9.08. The Balaban J connectivity index is 0.00000272. The lowest BCUT2D eigenvalue weighted by molar-refractivity contribution is -0.00000713. The van der Waals surface area contributed by atoms with Gasteiger partial charge in [-0.25, -0.2) is 4.48 Å². The summed E-state index contributed by atoms with van der Waals surface area (Å²) in [6, 6.07) is 25.9. The first-order valence-corrected chi connectivity index (χ1v) is 10.1. The minimum atomic E-state index is 0. The molecule has 0 radical (unpaired) electrons. The zero-order chi connectivity index (χ0) is 20.8. The molecule has 6 heteroatoms. The average Bonchev–Trinajstić information content (AvgIpc) is 3.14. The molecule has 1 atom stereocenters. The number of para-hydroxylation sites is 4. The summed E-state index contributed by atoms with van der Waals surface area (Å²) >= 11 is 0. The lowest BCUT2D eigenvalue weighted by Crippen LogP contribution is -3.00. The van der Waals surface area contributed by atoms with Gasteiger partial charge in [0, 0.05) is 11.6 Å². The molecular formula is C25H24BrN3O2. The van der Waals surface area contributed by atoms with E-state index < -0.39 is 0 Å². The maximum atomic E-state index is 9.08. The van der Waals surface area contributed by atoms with Crippen molar-refractivity contribution < 1.29 is 26.5 Å². The summed E-state index contributed by atoms with van der Waals surface area (Å²) in [7, 11) is 0. The fourth-order valence-corrected chi connectivity index (χ4v) is 3.74. The van der Waals surface area contributed by atoms with E-state index in [9.17, 15) is 0 Å². The number of ether oxygens (including phenoxy) is 2. The van der Waals surface area contributed by atoms with Crippen molar-refractivity contribution in [3.63, 3.8) is 0 Å². The molecule has 0 aliphatic carbocycles. The molecule has 4 rings (SSSR count). The van der Waals surface area contributed by atoms with E-state index in [0.29, 0.717) is 23.3 Å². The second-order valence-corrected chi connectivity index (χ2v) is 7.19. The third-order valence-electron chi connectivity index (χ3n) is 5.22. The van der Waals surface area contributed by atoms with Crippen LogP contribution >= 0.6 is 0 Å². The maximum Gasteiger partial charge on any atom is 0.196 e. The standard InChI is InChI=1S/C25H24N3O2.BrH/c1-2-29-24-9-5-6-10-25(24)30-16-15-28(18-21-13-11-20(17-26)12-14-21)19-27-22-7-3-4-8-23(22)28;/h3-14,19H,2,15-16,18H2,1H3;1H/q+1;/p-1. The number of aliphatic imine (C=N–C) groups is 1. The Bertz CT molecular complexity index is 1090. The number of hydrogen-bond donors (Lipinski definition) is 0. The second-order valence-electron chi connectivity index (χ2n) is 7.19. The van der Waals surface area contributed by atoms with E-state index in [2.05, 4.69) is 17.1 Å². The van der Waals surface area contributed by atoms with E-state index >= 15 is 0 Å². The van der Waals surface area contributed by atoms with Crippen LogP contribution in [0.5, 0.6) is 11.5 Å². The van der Waals surface area contributed by atoms with Crippen molar-refractivity contribution >= 4 is 17.7 Å². The predicted molar refractivity (Wildman–Crippen MR) is 119 cm³/mol. The average molecular weight is 478 g/mol. The van der Waals surface area contributed by atoms with Crippen molar-refractivity contribution in [3.05, 3.63) is 83.9 Å². The highest BCUT2D eigenvalue weighted by atomic mass is 79.9. The summed E-state index contributed by atoms with van der Waals surface area (Å²) in [6.45, 7) is 4.54. The Morgan fingerprint density at radius 1 is 0.903 bits per heavy atom. The summed E-state index contributed by atoms with van der Waals surface area (Å²) in [6.07, 6.45) is 2.00. The van der Waals surface area contributed by atoms with E-state index in [1.54, 1.807) is 0 Å². The highest BCUT2D eigenvalue weighted by Crippen LogP contribution is 2.39. The Labute approximate surface area is 193 Å². The molecule has 0 saturated carbocycles. The van der Waals surface area contributed by atoms with Crippen LogP contribution in [-0.4, -0.2) is 26.1 Å². The zero-order valence-electron chi connectivity index (χ0n) is 17.4. The van der Waals surface area contributed by atoms with Crippen molar-refractivity contribution in [1.82, 2.24) is 4.48 Å². The molecular weight excluding hydrogens is 454 g/mol. The van der Waals surface area contributed by atoms with Crippen molar-refractivity contribution in [3.8, 4) is 17.6 Å². The first-order valence-electron chi connectivity index (χ1n) is 10.1. The molecule has 1 unspecified atom stereocenters. The Morgan fingerprint density at radius 2 is 1.58 bits per heavy atom. The highest BCUT2D eigenvalue weighted by molar-refractivity contribution is 5.88. The van der Waals surface area contributed by atoms with Crippen LogP contribution in [0.4, 0.5) is 11.4 Å². The number of fused-ring (bicyclic) bond motifs is 1. The topological polar surface area (TPSA) is 54.6 Å². The van der Waals surface area contributed by atoms with E-state index in [4.69, 9.17) is 14.7 Å². The van der Waals surface area contributed by atoms with Gasteiger partial charge in [0.15, 0.2) is 23.5 Å².